The quantitative estimate of drug-likeness (QED) is 0.577. The lowest BCUT2D eigenvalue weighted by atomic mass is 10.0. The van der Waals surface area contributed by atoms with Gasteiger partial charge in [-0.1, -0.05) is 12.1 Å². The summed E-state index contributed by atoms with van der Waals surface area (Å²) in [6.07, 6.45) is -4.28. The molecule has 0 radical (unpaired) electrons. The Balaban J connectivity index is 1.60. The molecule has 2 heterocycles. The number of aliphatic imine (C=N–C) groups is 1. The predicted molar refractivity (Wildman–Crippen MR) is 103 cm³/mol. The van der Waals surface area contributed by atoms with E-state index in [9.17, 15) is 21.6 Å². The van der Waals surface area contributed by atoms with E-state index in [4.69, 9.17) is 4.74 Å². The van der Waals surface area contributed by atoms with Crippen LogP contribution < -0.4 is 5.32 Å². The Bertz CT molecular complexity index is 845. The average Bonchev–Trinajstić information content (AvgIpc) is 3.03. The Labute approximate surface area is 168 Å². The van der Waals surface area contributed by atoms with Gasteiger partial charge in [0.05, 0.1) is 24.5 Å². The number of alkyl halides is 3. The van der Waals surface area contributed by atoms with Crippen molar-refractivity contribution in [1.29, 1.82) is 0 Å². The summed E-state index contributed by atoms with van der Waals surface area (Å²) in [5.74, 6) is 0.756. The number of ether oxygens (including phenoxy) is 1. The number of rotatable bonds is 4. The number of guanidine groups is 1. The van der Waals surface area contributed by atoms with E-state index in [0.717, 1.165) is 12.1 Å². The molecule has 2 fully saturated rings. The van der Waals surface area contributed by atoms with Gasteiger partial charge in [-0.15, -0.1) is 0 Å². The molecule has 162 valence electrons. The first-order chi connectivity index (χ1) is 13.7. The Morgan fingerprint density at radius 1 is 1.34 bits per heavy atom. The van der Waals surface area contributed by atoms with Crippen molar-refractivity contribution in [3.05, 3.63) is 35.4 Å². The van der Waals surface area contributed by atoms with Gasteiger partial charge >= 0.3 is 6.18 Å². The molecule has 0 saturated carbocycles. The molecule has 1 aromatic carbocycles. The fraction of sp³-hybridized carbons (Fsp3) is 0.611. The summed E-state index contributed by atoms with van der Waals surface area (Å²) < 4.78 is 69.9. The molecule has 2 saturated heterocycles. The number of benzene rings is 1. The van der Waals surface area contributed by atoms with Crippen LogP contribution in [0.1, 0.15) is 23.7 Å². The minimum Gasteiger partial charge on any atom is -0.370 e. The van der Waals surface area contributed by atoms with Gasteiger partial charge in [-0.2, -0.15) is 13.2 Å². The Hall–Kier alpha value is -1.85. The second-order valence-electron chi connectivity index (χ2n) is 6.97. The number of morpholine rings is 1. The molecule has 0 aromatic heterocycles. The molecule has 0 bridgehead atoms. The van der Waals surface area contributed by atoms with Crippen LogP contribution in [-0.4, -0.2) is 75.7 Å². The minimum atomic E-state index is -4.40. The third-order valence-corrected chi connectivity index (χ3v) is 6.97. The zero-order chi connectivity index (χ0) is 21.1. The van der Waals surface area contributed by atoms with Gasteiger partial charge in [-0.05, 0) is 24.1 Å². The van der Waals surface area contributed by atoms with Crippen molar-refractivity contribution >= 4 is 16.0 Å². The molecule has 1 N–H and O–H groups in total. The smallest absolute Gasteiger partial charge is 0.370 e. The van der Waals surface area contributed by atoms with Crippen molar-refractivity contribution in [3.8, 4) is 0 Å². The van der Waals surface area contributed by atoms with Gasteiger partial charge in [0.2, 0.25) is 10.0 Å². The van der Waals surface area contributed by atoms with Gasteiger partial charge in [-0.3, -0.25) is 4.99 Å². The molecule has 1 unspecified atom stereocenters. The van der Waals surface area contributed by atoms with Crippen LogP contribution in [0, 0.1) is 0 Å². The molecule has 0 aliphatic carbocycles. The Morgan fingerprint density at radius 3 is 2.79 bits per heavy atom. The number of nitrogens with zero attached hydrogens (tertiary/aromatic N) is 3. The van der Waals surface area contributed by atoms with E-state index in [-0.39, 0.29) is 5.75 Å². The van der Waals surface area contributed by atoms with E-state index in [0.29, 0.717) is 57.3 Å². The van der Waals surface area contributed by atoms with E-state index < -0.39 is 27.9 Å². The first kappa shape index (κ1) is 21.8. The summed E-state index contributed by atoms with van der Waals surface area (Å²) in [6.45, 7) is 2.51. The maximum absolute atomic E-state index is 13.0. The van der Waals surface area contributed by atoms with Crippen molar-refractivity contribution in [2.75, 3.05) is 52.1 Å². The van der Waals surface area contributed by atoms with E-state index in [2.05, 4.69) is 10.3 Å². The molecule has 2 aliphatic rings. The number of hydrogen-bond donors (Lipinski definition) is 1. The lowest BCUT2D eigenvalue weighted by Crippen LogP contribution is -2.49. The van der Waals surface area contributed by atoms with Gasteiger partial charge < -0.3 is 15.0 Å². The average molecular weight is 434 g/mol. The van der Waals surface area contributed by atoms with E-state index in [1.807, 2.05) is 4.90 Å². The summed E-state index contributed by atoms with van der Waals surface area (Å²) in [5, 5.41) is 3.15. The first-order valence-electron chi connectivity index (χ1n) is 9.43. The van der Waals surface area contributed by atoms with Gasteiger partial charge in [-0.25, -0.2) is 12.7 Å². The third kappa shape index (κ3) is 5.40. The largest absolute Gasteiger partial charge is 0.416 e. The van der Waals surface area contributed by atoms with Crippen LogP contribution in [0.4, 0.5) is 13.2 Å². The van der Waals surface area contributed by atoms with Crippen LogP contribution in [0.15, 0.2) is 29.3 Å². The summed E-state index contributed by atoms with van der Waals surface area (Å²) >= 11 is 0. The zero-order valence-electron chi connectivity index (χ0n) is 16.2. The number of hydrogen-bond acceptors (Lipinski definition) is 4. The van der Waals surface area contributed by atoms with Gasteiger partial charge in [0, 0.05) is 33.2 Å². The molecule has 2 aliphatic heterocycles. The molecule has 0 amide bonds. The SMILES string of the molecule is CN=C(NCCN1CCCS1(=O)=O)N1CCOC(c2cccc(C(F)(F)F)c2)C1. The van der Waals surface area contributed by atoms with Crippen molar-refractivity contribution in [3.63, 3.8) is 0 Å². The lowest BCUT2D eigenvalue weighted by Gasteiger charge is -2.35. The molecule has 7 nitrogen and oxygen atoms in total. The fourth-order valence-electron chi connectivity index (χ4n) is 3.53. The minimum absolute atomic E-state index is 0.184. The molecule has 1 aromatic rings. The molecule has 29 heavy (non-hydrogen) atoms. The van der Waals surface area contributed by atoms with Crippen molar-refractivity contribution in [2.45, 2.75) is 18.7 Å². The molecule has 11 heteroatoms. The van der Waals surface area contributed by atoms with E-state index >= 15 is 0 Å². The summed E-state index contributed by atoms with van der Waals surface area (Å²) in [5.41, 5.74) is -0.242. The van der Waals surface area contributed by atoms with Crippen LogP contribution in [0.25, 0.3) is 0 Å². The van der Waals surface area contributed by atoms with Crippen molar-refractivity contribution < 1.29 is 26.3 Å². The van der Waals surface area contributed by atoms with E-state index in [1.165, 1.54) is 10.4 Å². The Morgan fingerprint density at radius 2 is 2.14 bits per heavy atom. The predicted octanol–water partition coefficient (Wildman–Crippen LogP) is 1.69. The molecule has 1 atom stereocenters. The van der Waals surface area contributed by atoms with Crippen LogP contribution in [0.3, 0.4) is 0 Å². The molecule has 3 rings (SSSR count). The monoisotopic (exact) mass is 434 g/mol. The number of sulfonamides is 1. The second kappa shape index (κ2) is 8.88. The highest BCUT2D eigenvalue weighted by molar-refractivity contribution is 7.89. The number of halogens is 3. The van der Waals surface area contributed by atoms with Gasteiger partial charge in [0.1, 0.15) is 6.10 Å². The molecular formula is C18H25F3N4O3S. The zero-order valence-corrected chi connectivity index (χ0v) is 17.0. The summed E-state index contributed by atoms with van der Waals surface area (Å²) in [4.78, 5) is 6.13. The van der Waals surface area contributed by atoms with Crippen LogP contribution in [-0.2, 0) is 20.9 Å². The highest BCUT2D eigenvalue weighted by atomic mass is 32.2. The highest BCUT2D eigenvalue weighted by Crippen LogP contribution is 2.32. The lowest BCUT2D eigenvalue weighted by molar-refractivity contribution is -0.137. The van der Waals surface area contributed by atoms with E-state index in [1.54, 1.807) is 13.1 Å². The maximum atomic E-state index is 13.0. The highest BCUT2D eigenvalue weighted by Gasteiger charge is 2.32. The third-order valence-electron chi connectivity index (χ3n) is 5.01. The van der Waals surface area contributed by atoms with Gasteiger partial charge in [0.15, 0.2) is 5.96 Å². The van der Waals surface area contributed by atoms with Crippen LogP contribution >= 0.6 is 0 Å². The maximum Gasteiger partial charge on any atom is 0.416 e. The van der Waals surface area contributed by atoms with Crippen molar-refractivity contribution in [2.24, 2.45) is 4.99 Å². The second-order valence-corrected chi connectivity index (χ2v) is 9.06. The van der Waals surface area contributed by atoms with Crippen LogP contribution in [0.2, 0.25) is 0 Å². The summed E-state index contributed by atoms with van der Waals surface area (Å²) in [6, 6.07) is 5.15. The van der Waals surface area contributed by atoms with Gasteiger partial charge in [0.25, 0.3) is 0 Å². The van der Waals surface area contributed by atoms with Crippen LogP contribution in [0.5, 0.6) is 0 Å². The fourth-order valence-corrected chi connectivity index (χ4v) is 5.05. The molecule has 0 spiro atoms. The standard InChI is InChI=1S/C18H25F3N4O3S/c1-22-17(23-6-8-25-7-3-11-29(25,26)27)24-9-10-28-16(13-24)14-4-2-5-15(12-14)18(19,20)21/h2,4-5,12,16H,3,6-11,13H2,1H3,(H,22,23). The normalized spacial score (nSPS) is 23.4. The summed E-state index contributed by atoms with van der Waals surface area (Å²) in [7, 11) is -1.53. The Kier molecular flexibility index (Phi) is 6.69. The topological polar surface area (TPSA) is 74.2 Å². The number of nitrogens with one attached hydrogen (secondary N) is 1. The molecular weight excluding hydrogens is 409 g/mol. The van der Waals surface area contributed by atoms with Crippen molar-refractivity contribution in [1.82, 2.24) is 14.5 Å². The first-order valence-corrected chi connectivity index (χ1v) is 11.0.